The van der Waals surface area contributed by atoms with Crippen LogP contribution in [0.4, 0.5) is 0 Å². The summed E-state index contributed by atoms with van der Waals surface area (Å²) in [6.07, 6.45) is 1.40. The molecule has 0 aliphatic heterocycles. The fraction of sp³-hybridized carbons (Fsp3) is 0.375. The van der Waals surface area contributed by atoms with E-state index in [9.17, 15) is 13.2 Å². The highest BCUT2D eigenvalue weighted by Crippen LogP contribution is 2.29. The van der Waals surface area contributed by atoms with Gasteiger partial charge in [-0.25, -0.2) is 18.1 Å². The van der Waals surface area contributed by atoms with Crippen molar-refractivity contribution in [1.29, 1.82) is 0 Å². The van der Waals surface area contributed by atoms with Crippen LogP contribution in [0.2, 0.25) is 10.2 Å². The number of rotatable bonds is 6. The van der Waals surface area contributed by atoms with Crippen LogP contribution in [-0.2, 0) is 19.6 Å². The number of hydrogen-bond donors (Lipinski definition) is 1. The minimum absolute atomic E-state index is 0. The molecule has 2 rings (SSSR count). The zero-order chi connectivity index (χ0) is 18.8. The van der Waals surface area contributed by atoms with Gasteiger partial charge in [0.1, 0.15) is 5.15 Å². The van der Waals surface area contributed by atoms with E-state index in [0.717, 1.165) is 0 Å². The topological polar surface area (TPSA) is 85.4 Å². The summed E-state index contributed by atoms with van der Waals surface area (Å²) in [6, 6.07) is 4.39. The van der Waals surface area contributed by atoms with Crippen molar-refractivity contribution in [3.05, 3.63) is 34.6 Å². The van der Waals surface area contributed by atoms with Crippen molar-refractivity contribution in [2.75, 3.05) is 13.2 Å². The van der Waals surface area contributed by atoms with Gasteiger partial charge in [-0.1, -0.05) is 29.3 Å². The van der Waals surface area contributed by atoms with E-state index >= 15 is 0 Å². The van der Waals surface area contributed by atoms with Gasteiger partial charge in [-0.05, 0) is 32.9 Å². The number of carbonyl (C=O) groups is 1. The lowest BCUT2D eigenvalue weighted by Gasteiger charge is -2.22. The Morgan fingerprint density at radius 3 is 2.54 bits per heavy atom. The number of benzene rings is 1. The minimum Gasteiger partial charge on any atom is -0.466 e. The van der Waals surface area contributed by atoms with Crippen molar-refractivity contribution < 1.29 is 17.9 Å². The lowest BCUT2D eigenvalue weighted by Crippen LogP contribution is -2.39. The van der Waals surface area contributed by atoms with Crippen LogP contribution in [0.5, 0.6) is 0 Å². The second kappa shape index (κ2) is 8.71. The number of halogens is 3. The molecule has 6 nitrogen and oxygen atoms in total. The molecule has 1 heterocycles. The lowest BCUT2D eigenvalue weighted by atomic mass is 9.94. The fourth-order valence-corrected chi connectivity index (χ4v) is 3.74. The summed E-state index contributed by atoms with van der Waals surface area (Å²) >= 11 is 12.1. The SMILES string of the molecule is CCOC(=O)C(C)(C)CNS(=O)(=O)c1ccc2c(Cl)cnc(Cl)c2c1.Cl. The van der Waals surface area contributed by atoms with Crippen molar-refractivity contribution in [1.82, 2.24) is 9.71 Å². The molecule has 0 saturated heterocycles. The molecule has 0 saturated carbocycles. The molecule has 0 bridgehead atoms. The summed E-state index contributed by atoms with van der Waals surface area (Å²) < 4.78 is 32.5. The minimum atomic E-state index is -3.85. The third-order valence-corrected chi connectivity index (χ3v) is 5.61. The van der Waals surface area contributed by atoms with Crippen LogP contribution in [0.15, 0.2) is 29.3 Å². The molecule has 26 heavy (non-hydrogen) atoms. The van der Waals surface area contributed by atoms with Gasteiger partial charge in [0.15, 0.2) is 0 Å². The summed E-state index contributed by atoms with van der Waals surface area (Å²) in [5, 5.41) is 1.57. The van der Waals surface area contributed by atoms with Gasteiger partial charge in [0.05, 0.1) is 21.9 Å². The second-order valence-corrected chi connectivity index (χ2v) is 8.57. The van der Waals surface area contributed by atoms with Crippen LogP contribution in [0.25, 0.3) is 10.8 Å². The molecule has 0 aliphatic rings. The van der Waals surface area contributed by atoms with Gasteiger partial charge in [-0.2, -0.15) is 0 Å². The van der Waals surface area contributed by atoms with Gasteiger partial charge in [-0.3, -0.25) is 4.79 Å². The van der Waals surface area contributed by atoms with E-state index in [4.69, 9.17) is 27.9 Å². The summed E-state index contributed by atoms with van der Waals surface area (Å²) in [6.45, 7) is 5.03. The molecular formula is C16H19Cl3N2O4S. The molecule has 0 atom stereocenters. The van der Waals surface area contributed by atoms with Crippen LogP contribution < -0.4 is 4.72 Å². The second-order valence-electron chi connectivity index (χ2n) is 6.03. The van der Waals surface area contributed by atoms with E-state index in [1.54, 1.807) is 26.8 Å². The summed E-state index contributed by atoms with van der Waals surface area (Å²) in [4.78, 5) is 15.8. The molecule has 0 fully saturated rings. The third kappa shape index (κ3) is 4.98. The number of nitrogens with zero attached hydrogens (tertiary/aromatic N) is 1. The fourth-order valence-electron chi connectivity index (χ4n) is 2.08. The first-order chi connectivity index (χ1) is 11.6. The van der Waals surface area contributed by atoms with Gasteiger partial charge in [0.25, 0.3) is 0 Å². The number of esters is 1. The first-order valence-corrected chi connectivity index (χ1v) is 9.73. The molecule has 0 aliphatic carbocycles. The third-order valence-electron chi connectivity index (χ3n) is 3.60. The van der Waals surface area contributed by atoms with Crippen molar-refractivity contribution in [2.45, 2.75) is 25.7 Å². The van der Waals surface area contributed by atoms with Gasteiger partial charge in [0, 0.05) is 23.5 Å². The normalized spacial score (nSPS) is 11.9. The van der Waals surface area contributed by atoms with Gasteiger partial charge in [-0.15, -0.1) is 12.4 Å². The average Bonchev–Trinajstić information content (AvgIpc) is 2.56. The monoisotopic (exact) mass is 440 g/mol. The van der Waals surface area contributed by atoms with Crippen molar-refractivity contribution in [3.8, 4) is 0 Å². The van der Waals surface area contributed by atoms with E-state index < -0.39 is 21.4 Å². The Bertz CT molecular complexity index is 917. The van der Waals surface area contributed by atoms with Gasteiger partial charge >= 0.3 is 5.97 Å². The first-order valence-electron chi connectivity index (χ1n) is 7.49. The molecule has 0 unspecified atom stereocenters. The van der Waals surface area contributed by atoms with Crippen molar-refractivity contribution in [2.24, 2.45) is 5.41 Å². The summed E-state index contributed by atoms with van der Waals surface area (Å²) in [5.41, 5.74) is -0.998. The van der Waals surface area contributed by atoms with E-state index in [2.05, 4.69) is 9.71 Å². The lowest BCUT2D eigenvalue weighted by molar-refractivity contribution is -0.152. The highest BCUT2D eigenvalue weighted by Gasteiger charge is 2.31. The number of nitrogens with one attached hydrogen (secondary N) is 1. The number of carbonyl (C=O) groups excluding carboxylic acids is 1. The van der Waals surface area contributed by atoms with Gasteiger partial charge in [0.2, 0.25) is 10.0 Å². The van der Waals surface area contributed by atoms with Crippen LogP contribution >= 0.6 is 35.6 Å². The van der Waals surface area contributed by atoms with E-state index in [-0.39, 0.29) is 35.6 Å². The molecule has 0 radical (unpaired) electrons. The predicted octanol–water partition coefficient (Wildman–Crippen LogP) is 3.83. The largest absolute Gasteiger partial charge is 0.466 e. The van der Waals surface area contributed by atoms with Crippen molar-refractivity contribution in [3.63, 3.8) is 0 Å². The molecule has 1 aromatic carbocycles. The smallest absolute Gasteiger partial charge is 0.312 e. The number of sulfonamides is 1. The Balaban J connectivity index is 0.00000338. The molecular weight excluding hydrogens is 423 g/mol. The highest BCUT2D eigenvalue weighted by molar-refractivity contribution is 7.89. The Morgan fingerprint density at radius 1 is 1.27 bits per heavy atom. The summed E-state index contributed by atoms with van der Waals surface area (Å²) in [7, 11) is -3.85. The highest BCUT2D eigenvalue weighted by atomic mass is 35.5. The predicted molar refractivity (Wildman–Crippen MR) is 105 cm³/mol. The number of hydrogen-bond acceptors (Lipinski definition) is 5. The van der Waals surface area contributed by atoms with Crippen LogP contribution in [0, 0.1) is 5.41 Å². The maximum atomic E-state index is 12.5. The number of pyridine rings is 1. The van der Waals surface area contributed by atoms with Crippen LogP contribution in [0.1, 0.15) is 20.8 Å². The quantitative estimate of drug-likeness (QED) is 0.544. The zero-order valence-corrected chi connectivity index (χ0v) is 17.5. The first kappa shape index (κ1) is 22.9. The maximum Gasteiger partial charge on any atom is 0.312 e. The van der Waals surface area contributed by atoms with Crippen LogP contribution in [-0.4, -0.2) is 32.5 Å². The standard InChI is InChI=1S/C16H18Cl2N2O4S.ClH/c1-4-24-15(21)16(2,3)9-20-25(22,23)10-5-6-11-12(7-10)14(18)19-8-13(11)17;/h5-8,20H,4,9H2,1-3H3;1H. The molecule has 1 N–H and O–H groups in total. The average molecular weight is 442 g/mol. The Kier molecular flexibility index (Phi) is 7.68. The Hall–Kier alpha value is -1.12. The maximum absolute atomic E-state index is 12.5. The Morgan fingerprint density at radius 2 is 1.92 bits per heavy atom. The molecule has 0 amide bonds. The molecule has 0 spiro atoms. The molecule has 1 aromatic heterocycles. The number of aromatic nitrogens is 1. The van der Waals surface area contributed by atoms with E-state index in [1.807, 2.05) is 0 Å². The summed E-state index contributed by atoms with van der Waals surface area (Å²) in [5.74, 6) is -0.477. The van der Waals surface area contributed by atoms with Crippen LogP contribution in [0.3, 0.4) is 0 Å². The van der Waals surface area contributed by atoms with Crippen molar-refractivity contribution >= 4 is 62.4 Å². The van der Waals surface area contributed by atoms with E-state index in [0.29, 0.717) is 15.8 Å². The number of fused-ring (bicyclic) bond motifs is 1. The molecule has 10 heteroatoms. The Labute approximate surface area is 168 Å². The van der Waals surface area contributed by atoms with Gasteiger partial charge < -0.3 is 4.74 Å². The van der Waals surface area contributed by atoms with E-state index in [1.165, 1.54) is 18.3 Å². The molecule has 144 valence electrons. The zero-order valence-electron chi connectivity index (χ0n) is 14.4. The number of ether oxygens (including phenoxy) is 1. The molecule has 2 aromatic rings.